The fourth-order valence-electron chi connectivity index (χ4n) is 2.84. The summed E-state index contributed by atoms with van der Waals surface area (Å²) in [4.78, 5) is 25.2. The van der Waals surface area contributed by atoms with Crippen molar-refractivity contribution in [1.82, 2.24) is 0 Å². The lowest BCUT2D eigenvalue weighted by Crippen LogP contribution is -2.28. The number of sulfonamides is 1. The van der Waals surface area contributed by atoms with Crippen LogP contribution in [0.3, 0.4) is 0 Å². The van der Waals surface area contributed by atoms with Gasteiger partial charge in [0.15, 0.2) is 0 Å². The van der Waals surface area contributed by atoms with Crippen molar-refractivity contribution in [2.75, 3.05) is 23.3 Å². The predicted molar refractivity (Wildman–Crippen MR) is 121 cm³/mol. The fourth-order valence-corrected chi connectivity index (χ4v) is 4.93. The first-order valence-electron chi connectivity index (χ1n) is 9.45. The van der Waals surface area contributed by atoms with Gasteiger partial charge in [0.05, 0.1) is 22.8 Å². The van der Waals surface area contributed by atoms with E-state index >= 15 is 0 Å². The van der Waals surface area contributed by atoms with Crippen molar-refractivity contribution in [3.05, 3.63) is 76.0 Å². The SMILES string of the molecule is CCOC(=O)c1cccc(NC(=O)c2sccc2N(C)S(=O)(=O)c2ccc(C)cc2)c1. The van der Waals surface area contributed by atoms with Crippen molar-refractivity contribution in [2.24, 2.45) is 0 Å². The Morgan fingerprint density at radius 1 is 1.10 bits per heavy atom. The average molecular weight is 459 g/mol. The number of carbonyl (C=O) groups is 2. The Morgan fingerprint density at radius 3 is 2.48 bits per heavy atom. The molecule has 1 heterocycles. The summed E-state index contributed by atoms with van der Waals surface area (Å²) in [7, 11) is -2.42. The van der Waals surface area contributed by atoms with Gasteiger partial charge in [0.25, 0.3) is 15.9 Å². The predicted octanol–water partition coefficient (Wildman–Crippen LogP) is 4.31. The Kier molecular flexibility index (Phi) is 6.77. The maximum atomic E-state index is 13.0. The first kappa shape index (κ1) is 22.5. The Hall–Kier alpha value is -3.17. The van der Waals surface area contributed by atoms with E-state index in [1.807, 2.05) is 6.92 Å². The summed E-state index contributed by atoms with van der Waals surface area (Å²) in [5.41, 5.74) is 1.93. The molecule has 0 bridgehead atoms. The van der Waals surface area contributed by atoms with E-state index in [2.05, 4.69) is 5.32 Å². The van der Waals surface area contributed by atoms with Crippen LogP contribution in [0.1, 0.15) is 32.5 Å². The zero-order valence-corrected chi connectivity index (χ0v) is 18.9. The summed E-state index contributed by atoms with van der Waals surface area (Å²) in [6.07, 6.45) is 0. The van der Waals surface area contributed by atoms with Gasteiger partial charge in [-0.2, -0.15) is 0 Å². The fraction of sp³-hybridized carbons (Fsp3) is 0.182. The minimum Gasteiger partial charge on any atom is -0.462 e. The molecule has 3 aromatic rings. The number of hydrogen-bond acceptors (Lipinski definition) is 6. The molecule has 0 radical (unpaired) electrons. The molecule has 0 unspecified atom stereocenters. The molecule has 0 spiro atoms. The number of aryl methyl sites for hydroxylation is 1. The number of hydrogen-bond donors (Lipinski definition) is 1. The number of nitrogens with one attached hydrogen (secondary N) is 1. The summed E-state index contributed by atoms with van der Waals surface area (Å²) in [6.45, 7) is 3.83. The summed E-state index contributed by atoms with van der Waals surface area (Å²) in [6, 6.07) is 14.5. The molecular formula is C22H22N2O5S2. The van der Waals surface area contributed by atoms with Crippen LogP contribution in [0.4, 0.5) is 11.4 Å². The zero-order valence-electron chi connectivity index (χ0n) is 17.3. The molecule has 0 saturated carbocycles. The standard InChI is InChI=1S/C22H22N2O5S2/c1-4-29-22(26)16-6-5-7-17(14-16)23-21(25)20-19(12-13-30-20)24(3)31(27,28)18-10-8-15(2)9-11-18/h5-14H,4H2,1-3H3,(H,23,25). The van der Waals surface area contributed by atoms with E-state index in [1.165, 1.54) is 25.2 Å². The minimum absolute atomic E-state index is 0.139. The molecule has 9 heteroatoms. The molecule has 3 rings (SSSR count). The lowest BCUT2D eigenvalue weighted by atomic mass is 10.2. The van der Waals surface area contributed by atoms with E-state index in [-0.39, 0.29) is 22.1 Å². The van der Waals surface area contributed by atoms with Crippen LogP contribution in [0.25, 0.3) is 0 Å². The molecule has 162 valence electrons. The normalized spacial score (nSPS) is 11.1. The quantitative estimate of drug-likeness (QED) is 0.533. The van der Waals surface area contributed by atoms with E-state index < -0.39 is 21.9 Å². The van der Waals surface area contributed by atoms with Gasteiger partial charge in [0.1, 0.15) is 4.88 Å². The number of rotatable bonds is 7. The second-order valence-corrected chi connectivity index (χ2v) is 9.56. The molecule has 0 aliphatic carbocycles. The van der Waals surface area contributed by atoms with Crippen molar-refractivity contribution in [3.63, 3.8) is 0 Å². The van der Waals surface area contributed by atoms with E-state index in [9.17, 15) is 18.0 Å². The molecular weight excluding hydrogens is 436 g/mol. The number of thiophene rings is 1. The molecule has 1 aromatic heterocycles. The van der Waals surface area contributed by atoms with Crippen LogP contribution in [-0.2, 0) is 14.8 Å². The van der Waals surface area contributed by atoms with Gasteiger partial charge in [0.2, 0.25) is 0 Å². The average Bonchev–Trinajstić information content (AvgIpc) is 3.24. The van der Waals surface area contributed by atoms with E-state index in [0.717, 1.165) is 21.2 Å². The Balaban J connectivity index is 1.84. The molecule has 2 aromatic carbocycles. The number of esters is 1. The molecule has 1 amide bonds. The maximum Gasteiger partial charge on any atom is 0.338 e. The third-order valence-electron chi connectivity index (χ3n) is 4.50. The number of nitrogens with zero attached hydrogens (tertiary/aromatic N) is 1. The van der Waals surface area contributed by atoms with Crippen molar-refractivity contribution in [3.8, 4) is 0 Å². The molecule has 0 saturated heterocycles. The highest BCUT2D eigenvalue weighted by Gasteiger charge is 2.26. The van der Waals surface area contributed by atoms with Gasteiger partial charge in [-0.15, -0.1) is 11.3 Å². The lowest BCUT2D eigenvalue weighted by Gasteiger charge is -2.20. The molecule has 31 heavy (non-hydrogen) atoms. The second-order valence-electron chi connectivity index (χ2n) is 6.68. The van der Waals surface area contributed by atoms with Crippen molar-refractivity contribution >= 4 is 44.6 Å². The van der Waals surface area contributed by atoms with Crippen LogP contribution in [0, 0.1) is 6.92 Å². The summed E-state index contributed by atoms with van der Waals surface area (Å²) >= 11 is 1.13. The van der Waals surface area contributed by atoms with Crippen LogP contribution < -0.4 is 9.62 Å². The highest BCUT2D eigenvalue weighted by atomic mass is 32.2. The number of ether oxygens (including phenoxy) is 1. The minimum atomic E-state index is -3.83. The van der Waals surface area contributed by atoms with Crippen LogP contribution in [-0.4, -0.2) is 33.9 Å². The topological polar surface area (TPSA) is 92.8 Å². The Bertz CT molecular complexity index is 1200. The number of anilines is 2. The third kappa shape index (κ3) is 4.95. The molecule has 0 atom stereocenters. The summed E-state index contributed by atoms with van der Waals surface area (Å²) in [5.74, 6) is -0.962. The number of carbonyl (C=O) groups excluding carboxylic acids is 2. The van der Waals surface area contributed by atoms with Crippen LogP contribution >= 0.6 is 11.3 Å². The first-order chi connectivity index (χ1) is 14.7. The molecule has 7 nitrogen and oxygen atoms in total. The van der Waals surface area contributed by atoms with Gasteiger partial charge < -0.3 is 10.1 Å². The van der Waals surface area contributed by atoms with Crippen LogP contribution in [0.2, 0.25) is 0 Å². The lowest BCUT2D eigenvalue weighted by molar-refractivity contribution is 0.0526. The van der Waals surface area contributed by atoms with Gasteiger partial charge in [-0.25, -0.2) is 13.2 Å². The highest BCUT2D eigenvalue weighted by Crippen LogP contribution is 2.30. The van der Waals surface area contributed by atoms with E-state index in [0.29, 0.717) is 11.3 Å². The van der Waals surface area contributed by atoms with Gasteiger partial charge in [-0.05, 0) is 55.6 Å². The van der Waals surface area contributed by atoms with Crippen LogP contribution in [0.15, 0.2) is 64.9 Å². The monoisotopic (exact) mass is 458 g/mol. The van der Waals surface area contributed by atoms with Gasteiger partial charge in [-0.1, -0.05) is 23.8 Å². The van der Waals surface area contributed by atoms with Crippen molar-refractivity contribution < 1.29 is 22.7 Å². The third-order valence-corrected chi connectivity index (χ3v) is 7.19. The first-order valence-corrected chi connectivity index (χ1v) is 11.8. The summed E-state index contributed by atoms with van der Waals surface area (Å²) < 4.78 is 32.1. The molecule has 0 aliphatic heterocycles. The van der Waals surface area contributed by atoms with E-state index in [4.69, 9.17) is 4.74 Å². The van der Waals surface area contributed by atoms with Gasteiger partial charge in [-0.3, -0.25) is 9.10 Å². The van der Waals surface area contributed by atoms with Gasteiger partial charge in [0, 0.05) is 12.7 Å². The van der Waals surface area contributed by atoms with Crippen molar-refractivity contribution in [2.45, 2.75) is 18.7 Å². The highest BCUT2D eigenvalue weighted by molar-refractivity contribution is 7.92. The molecule has 0 fully saturated rings. The number of amides is 1. The van der Waals surface area contributed by atoms with Crippen molar-refractivity contribution in [1.29, 1.82) is 0 Å². The van der Waals surface area contributed by atoms with Gasteiger partial charge >= 0.3 is 5.97 Å². The Labute approximate surface area is 185 Å². The smallest absolute Gasteiger partial charge is 0.338 e. The maximum absolute atomic E-state index is 13.0. The number of benzene rings is 2. The largest absolute Gasteiger partial charge is 0.462 e. The Morgan fingerprint density at radius 2 is 1.81 bits per heavy atom. The van der Waals surface area contributed by atoms with Crippen LogP contribution in [0.5, 0.6) is 0 Å². The zero-order chi connectivity index (χ0) is 22.6. The molecule has 1 N–H and O–H groups in total. The summed E-state index contributed by atoms with van der Waals surface area (Å²) in [5, 5.41) is 4.37. The molecule has 0 aliphatic rings. The van der Waals surface area contributed by atoms with E-state index in [1.54, 1.807) is 48.7 Å². The second kappa shape index (κ2) is 9.32.